The number of likely N-dealkylation sites (tertiary alicyclic amines) is 1. The SMILES string of the molecule is Cc1cnc(NC(=O)C2CCCN2C(=O)Cc2ccccc2)s1. The van der Waals surface area contributed by atoms with Crippen molar-refractivity contribution in [2.24, 2.45) is 0 Å². The van der Waals surface area contributed by atoms with Gasteiger partial charge in [0.1, 0.15) is 6.04 Å². The van der Waals surface area contributed by atoms with Crippen LogP contribution in [0.15, 0.2) is 36.5 Å². The standard InChI is InChI=1S/C17H19N3O2S/c1-12-11-18-17(23-12)19-16(22)14-8-5-9-20(14)15(21)10-13-6-3-2-4-7-13/h2-4,6-7,11,14H,5,8-10H2,1H3,(H,18,19,22). The summed E-state index contributed by atoms with van der Waals surface area (Å²) >= 11 is 1.44. The molecule has 2 aromatic rings. The molecule has 1 aliphatic rings. The van der Waals surface area contributed by atoms with E-state index in [0.717, 1.165) is 16.9 Å². The topological polar surface area (TPSA) is 62.3 Å². The zero-order chi connectivity index (χ0) is 16.2. The number of aryl methyl sites for hydroxylation is 1. The highest BCUT2D eigenvalue weighted by molar-refractivity contribution is 7.15. The Kier molecular flexibility index (Phi) is 4.71. The van der Waals surface area contributed by atoms with Gasteiger partial charge >= 0.3 is 0 Å². The summed E-state index contributed by atoms with van der Waals surface area (Å²) < 4.78 is 0. The minimum absolute atomic E-state index is 0.00386. The maximum atomic E-state index is 12.5. The van der Waals surface area contributed by atoms with Crippen molar-refractivity contribution in [3.8, 4) is 0 Å². The van der Waals surface area contributed by atoms with Crippen LogP contribution in [0, 0.1) is 6.92 Å². The third-order valence-corrected chi connectivity index (χ3v) is 4.75. The summed E-state index contributed by atoms with van der Waals surface area (Å²) in [6.45, 7) is 2.58. The molecule has 6 heteroatoms. The van der Waals surface area contributed by atoms with E-state index in [-0.39, 0.29) is 11.8 Å². The Hall–Kier alpha value is -2.21. The fourth-order valence-corrected chi connectivity index (χ4v) is 3.48. The summed E-state index contributed by atoms with van der Waals surface area (Å²) in [5.74, 6) is -0.137. The second-order valence-electron chi connectivity index (χ2n) is 5.67. The van der Waals surface area contributed by atoms with Crippen molar-refractivity contribution in [1.82, 2.24) is 9.88 Å². The molecule has 1 aromatic carbocycles. The Morgan fingerprint density at radius 1 is 1.35 bits per heavy atom. The molecule has 3 rings (SSSR count). The van der Waals surface area contributed by atoms with E-state index in [9.17, 15) is 9.59 Å². The number of rotatable bonds is 4. The van der Waals surface area contributed by atoms with E-state index in [1.54, 1.807) is 11.1 Å². The first-order chi connectivity index (χ1) is 11.1. The molecule has 1 N–H and O–H groups in total. The fourth-order valence-electron chi connectivity index (χ4n) is 2.81. The molecule has 120 valence electrons. The molecular weight excluding hydrogens is 310 g/mol. The number of hydrogen-bond donors (Lipinski definition) is 1. The van der Waals surface area contributed by atoms with Crippen LogP contribution in [0.2, 0.25) is 0 Å². The van der Waals surface area contributed by atoms with Crippen LogP contribution in [0.25, 0.3) is 0 Å². The number of thiazole rings is 1. The second-order valence-corrected chi connectivity index (χ2v) is 6.91. The molecule has 0 saturated carbocycles. The minimum Gasteiger partial charge on any atom is -0.330 e. The first-order valence-electron chi connectivity index (χ1n) is 7.70. The number of carbonyl (C=O) groups excluding carboxylic acids is 2. The second kappa shape index (κ2) is 6.91. The quantitative estimate of drug-likeness (QED) is 0.938. The van der Waals surface area contributed by atoms with Crippen molar-refractivity contribution in [3.63, 3.8) is 0 Å². The molecule has 0 aliphatic carbocycles. The first-order valence-corrected chi connectivity index (χ1v) is 8.52. The van der Waals surface area contributed by atoms with Crippen molar-refractivity contribution in [3.05, 3.63) is 47.0 Å². The molecule has 2 heterocycles. The molecule has 1 atom stereocenters. The molecule has 1 aromatic heterocycles. The van der Waals surface area contributed by atoms with E-state index in [1.165, 1.54) is 11.3 Å². The van der Waals surface area contributed by atoms with Gasteiger partial charge in [0.15, 0.2) is 5.13 Å². The van der Waals surface area contributed by atoms with Crippen molar-refractivity contribution in [2.45, 2.75) is 32.2 Å². The van der Waals surface area contributed by atoms with Gasteiger partial charge in [-0.25, -0.2) is 4.98 Å². The smallest absolute Gasteiger partial charge is 0.248 e. The fraction of sp³-hybridized carbons (Fsp3) is 0.353. The van der Waals surface area contributed by atoms with E-state index in [1.807, 2.05) is 37.3 Å². The summed E-state index contributed by atoms with van der Waals surface area (Å²) in [5, 5.41) is 3.42. The monoisotopic (exact) mass is 329 g/mol. The first kappa shape index (κ1) is 15.7. The molecule has 1 fully saturated rings. The number of benzene rings is 1. The van der Waals surface area contributed by atoms with E-state index in [2.05, 4.69) is 10.3 Å². The summed E-state index contributed by atoms with van der Waals surface area (Å²) in [4.78, 5) is 31.9. The average molecular weight is 329 g/mol. The molecule has 0 spiro atoms. The Morgan fingerprint density at radius 3 is 2.83 bits per heavy atom. The van der Waals surface area contributed by atoms with Crippen LogP contribution in [0.5, 0.6) is 0 Å². The minimum atomic E-state index is -0.393. The lowest BCUT2D eigenvalue weighted by atomic mass is 10.1. The summed E-state index contributed by atoms with van der Waals surface area (Å²) in [5.41, 5.74) is 0.971. The number of hydrogen-bond acceptors (Lipinski definition) is 4. The van der Waals surface area contributed by atoms with Gasteiger partial charge in [0.2, 0.25) is 11.8 Å². The summed E-state index contributed by atoms with van der Waals surface area (Å²) in [7, 11) is 0. The summed E-state index contributed by atoms with van der Waals surface area (Å²) in [6, 6.07) is 9.23. The lowest BCUT2D eigenvalue weighted by Gasteiger charge is -2.23. The van der Waals surface area contributed by atoms with Crippen LogP contribution >= 0.6 is 11.3 Å². The van der Waals surface area contributed by atoms with E-state index in [4.69, 9.17) is 0 Å². The Morgan fingerprint density at radius 2 is 2.13 bits per heavy atom. The zero-order valence-corrected chi connectivity index (χ0v) is 13.8. The van der Waals surface area contributed by atoms with Crippen LogP contribution < -0.4 is 5.32 Å². The highest BCUT2D eigenvalue weighted by Crippen LogP contribution is 2.22. The van der Waals surface area contributed by atoms with Gasteiger partial charge < -0.3 is 10.2 Å². The number of anilines is 1. The van der Waals surface area contributed by atoms with Gasteiger partial charge in [-0.05, 0) is 25.3 Å². The van der Waals surface area contributed by atoms with Crippen LogP contribution in [-0.2, 0) is 16.0 Å². The molecule has 1 aliphatic heterocycles. The highest BCUT2D eigenvalue weighted by atomic mass is 32.1. The molecular formula is C17H19N3O2S. The third-order valence-electron chi connectivity index (χ3n) is 3.93. The van der Waals surface area contributed by atoms with E-state index in [0.29, 0.717) is 24.5 Å². The Labute approximate surface area is 139 Å². The van der Waals surface area contributed by atoms with Gasteiger partial charge in [-0.3, -0.25) is 9.59 Å². The number of aromatic nitrogens is 1. The van der Waals surface area contributed by atoms with Crippen molar-refractivity contribution < 1.29 is 9.59 Å². The number of amides is 2. The van der Waals surface area contributed by atoms with Gasteiger partial charge in [-0.15, -0.1) is 11.3 Å². The molecule has 0 bridgehead atoms. The van der Waals surface area contributed by atoms with Crippen molar-refractivity contribution >= 4 is 28.3 Å². The molecule has 1 saturated heterocycles. The van der Waals surface area contributed by atoms with Gasteiger partial charge in [0, 0.05) is 17.6 Å². The molecule has 23 heavy (non-hydrogen) atoms. The van der Waals surface area contributed by atoms with Gasteiger partial charge in [0.25, 0.3) is 0 Å². The Bertz CT molecular complexity index is 699. The van der Waals surface area contributed by atoms with Crippen molar-refractivity contribution in [1.29, 1.82) is 0 Å². The van der Waals surface area contributed by atoms with Crippen LogP contribution in [0.3, 0.4) is 0 Å². The maximum absolute atomic E-state index is 12.5. The number of nitrogens with one attached hydrogen (secondary N) is 1. The van der Waals surface area contributed by atoms with Gasteiger partial charge in [-0.2, -0.15) is 0 Å². The van der Waals surface area contributed by atoms with Gasteiger partial charge in [-0.1, -0.05) is 30.3 Å². The van der Waals surface area contributed by atoms with Gasteiger partial charge in [0.05, 0.1) is 6.42 Å². The van der Waals surface area contributed by atoms with Crippen LogP contribution in [0.4, 0.5) is 5.13 Å². The predicted molar refractivity (Wildman–Crippen MR) is 90.4 cm³/mol. The number of carbonyl (C=O) groups is 2. The Balaban J connectivity index is 1.64. The van der Waals surface area contributed by atoms with E-state index >= 15 is 0 Å². The summed E-state index contributed by atoms with van der Waals surface area (Å²) in [6.07, 6.45) is 3.63. The largest absolute Gasteiger partial charge is 0.330 e. The third kappa shape index (κ3) is 3.76. The average Bonchev–Trinajstić information content (AvgIpc) is 3.17. The van der Waals surface area contributed by atoms with Crippen molar-refractivity contribution in [2.75, 3.05) is 11.9 Å². The lowest BCUT2D eigenvalue weighted by molar-refractivity contribution is -0.136. The molecule has 5 nitrogen and oxygen atoms in total. The number of nitrogens with zero attached hydrogens (tertiary/aromatic N) is 2. The molecule has 1 unspecified atom stereocenters. The predicted octanol–water partition coefficient (Wildman–Crippen LogP) is 2.62. The lowest BCUT2D eigenvalue weighted by Crippen LogP contribution is -2.43. The zero-order valence-electron chi connectivity index (χ0n) is 13.0. The molecule has 0 radical (unpaired) electrons. The van der Waals surface area contributed by atoms with Crippen LogP contribution in [0.1, 0.15) is 23.3 Å². The highest BCUT2D eigenvalue weighted by Gasteiger charge is 2.34. The van der Waals surface area contributed by atoms with E-state index < -0.39 is 6.04 Å². The molecule has 2 amide bonds. The van der Waals surface area contributed by atoms with Crippen LogP contribution in [-0.4, -0.2) is 34.3 Å². The normalized spacial score (nSPS) is 17.3. The maximum Gasteiger partial charge on any atom is 0.248 e.